The van der Waals surface area contributed by atoms with E-state index < -0.39 is 10.0 Å². The van der Waals surface area contributed by atoms with Crippen LogP contribution in [0.2, 0.25) is 0 Å². The van der Waals surface area contributed by atoms with Crippen molar-refractivity contribution in [1.82, 2.24) is 4.31 Å². The van der Waals surface area contributed by atoms with Crippen LogP contribution >= 0.6 is 0 Å². The Balaban J connectivity index is 2.06. The summed E-state index contributed by atoms with van der Waals surface area (Å²) < 4.78 is 26.6. The molecule has 2 aliphatic rings. The molecule has 104 valence electrons. The highest BCUT2D eigenvalue weighted by molar-refractivity contribution is 7.89. The molecular formula is C12H23N3O2S. The largest absolute Gasteiger partial charge is 0.387 e. The summed E-state index contributed by atoms with van der Waals surface area (Å²) in [5.41, 5.74) is 5.51. The van der Waals surface area contributed by atoms with Crippen LogP contribution < -0.4 is 5.73 Å². The molecule has 6 heteroatoms. The van der Waals surface area contributed by atoms with Crippen molar-refractivity contribution >= 4 is 15.9 Å². The minimum Gasteiger partial charge on any atom is -0.387 e. The first-order valence-corrected chi connectivity index (χ1v) is 8.35. The first-order chi connectivity index (χ1) is 8.51. The Bertz CT molecular complexity index is 402. The summed E-state index contributed by atoms with van der Waals surface area (Å²) in [6.07, 6.45) is 6.44. The van der Waals surface area contributed by atoms with Gasteiger partial charge in [-0.2, -0.15) is 0 Å². The molecule has 0 aromatic carbocycles. The van der Waals surface area contributed by atoms with Gasteiger partial charge in [-0.3, -0.25) is 5.41 Å². The molecule has 1 atom stereocenters. The fraction of sp³-hybridized carbons (Fsp3) is 0.917. The second-order valence-electron chi connectivity index (χ2n) is 5.46. The van der Waals surface area contributed by atoms with Gasteiger partial charge in [0.2, 0.25) is 10.0 Å². The van der Waals surface area contributed by atoms with Crippen LogP contribution in [0.4, 0.5) is 0 Å². The zero-order valence-corrected chi connectivity index (χ0v) is 11.6. The van der Waals surface area contributed by atoms with E-state index in [2.05, 4.69) is 0 Å². The van der Waals surface area contributed by atoms with Crippen molar-refractivity contribution in [3.8, 4) is 0 Å². The van der Waals surface area contributed by atoms with Crippen molar-refractivity contribution in [2.24, 2.45) is 11.7 Å². The van der Waals surface area contributed by atoms with E-state index in [4.69, 9.17) is 11.1 Å². The van der Waals surface area contributed by atoms with Gasteiger partial charge in [0.15, 0.2) is 0 Å². The predicted octanol–water partition coefficient (Wildman–Crippen LogP) is 1.30. The predicted molar refractivity (Wildman–Crippen MR) is 72.0 cm³/mol. The van der Waals surface area contributed by atoms with Crippen LogP contribution in [-0.2, 0) is 10.0 Å². The molecule has 18 heavy (non-hydrogen) atoms. The fourth-order valence-electron chi connectivity index (χ4n) is 3.00. The maximum absolute atomic E-state index is 12.5. The number of nitrogens with two attached hydrogens (primary N) is 1. The normalized spacial score (nSPS) is 28.1. The standard InChI is InChI=1S/C12H23N3O2S/c13-12(14)10-5-4-8-15(9-10)18(16,17)11-6-2-1-3-7-11/h10-11H,1-9H2,(H3,13,14). The van der Waals surface area contributed by atoms with Crippen LogP contribution in [0.3, 0.4) is 0 Å². The van der Waals surface area contributed by atoms with E-state index in [1.54, 1.807) is 4.31 Å². The van der Waals surface area contributed by atoms with Gasteiger partial charge < -0.3 is 5.73 Å². The molecule has 0 bridgehead atoms. The zero-order chi connectivity index (χ0) is 13.2. The monoisotopic (exact) mass is 273 g/mol. The zero-order valence-electron chi connectivity index (χ0n) is 10.8. The van der Waals surface area contributed by atoms with E-state index >= 15 is 0 Å². The van der Waals surface area contributed by atoms with Crippen LogP contribution in [0.1, 0.15) is 44.9 Å². The third-order valence-electron chi connectivity index (χ3n) is 4.16. The molecule has 0 spiro atoms. The van der Waals surface area contributed by atoms with Gasteiger partial charge in [-0.25, -0.2) is 12.7 Å². The maximum atomic E-state index is 12.5. The Kier molecular flexibility index (Phi) is 4.27. The second-order valence-corrected chi connectivity index (χ2v) is 7.67. The van der Waals surface area contributed by atoms with E-state index in [1.165, 1.54) is 0 Å². The van der Waals surface area contributed by atoms with E-state index in [1.807, 2.05) is 0 Å². The van der Waals surface area contributed by atoms with Gasteiger partial charge in [0.25, 0.3) is 0 Å². The Morgan fingerprint density at radius 1 is 1.11 bits per heavy atom. The number of nitrogens with one attached hydrogen (secondary N) is 1. The quantitative estimate of drug-likeness (QED) is 0.600. The van der Waals surface area contributed by atoms with Crippen LogP contribution in [0.15, 0.2) is 0 Å². The summed E-state index contributed by atoms with van der Waals surface area (Å²) in [6.45, 7) is 1.01. The lowest BCUT2D eigenvalue weighted by Crippen LogP contribution is -2.47. The Labute approximate surface area is 109 Å². The van der Waals surface area contributed by atoms with Gasteiger partial charge in [-0.1, -0.05) is 19.3 Å². The number of piperidine rings is 1. The smallest absolute Gasteiger partial charge is 0.217 e. The third-order valence-corrected chi connectivity index (χ3v) is 6.52. The minimum atomic E-state index is -3.17. The van der Waals surface area contributed by atoms with Gasteiger partial charge in [0.1, 0.15) is 0 Å². The summed E-state index contributed by atoms with van der Waals surface area (Å²) in [7, 11) is -3.17. The van der Waals surface area contributed by atoms with Crippen LogP contribution in [0.5, 0.6) is 0 Å². The molecular weight excluding hydrogens is 250 g/mol. The highest BCUT2D eigenvalue weighted by Crippen LogP contribution is 2.28. The summed E-state index contributed by atoms with van der Waals surface area (Å²) in [4.78, 5) is 0. The number of sulfonamides is 1. The molecule has 1 unspecified atom stereocenters. The Morgan fingerprint density at radius 3 is 2.39 bits per heavy atom. The molecule has 2 rings (SSSR count). The van der Waals surface area contributed by atoms with E-state index in [9.17, 15) is 8.42 Å². The van der Waals surface area contributed by atoms with E-state index in [-0.39, 0.29) is 17.0 Å². The van der Waals surface area contributed by atoms with Crippen LogP contribution in [0.25, 0.3) is 0 Å². The van der Waals surface area contributed by atoms with Crippen molar-refractivity contribution in [3.63, 3.8) is 0 Å². The van der Waals surface area contributed by atoms with Crippen molar-refractivity contribution in [1.29, 1.82) is 5.41 Å². The van der Waals surface area contributed by atoms with Gasteiger partial charge in [0.05, 0.1) is 11.1 Å². The minimum absolute atomic E-state index is 0.0860. The first-order valence-electron chi connectivity index (χ1n) is 6.84. The molecule has 0 aromatic rings. The lowest BCUT2D eigenvalue weighted by atomic mass is 9.99. The lowest BCUT2D eigenvalue weighted by Gasteiger charge is -2.35. The van der Waals surface area contributed by atoms with E-state index in [0.29, 0.717) is 13.1 Å². The fourth-order valence-corrected chi connectivity index (χ4v) is 5.12. The molecule has 1 heterocycles. The molecule has 1 aliphatic heterocycles. The molecule has 0 amide bonds. The van der Waals surface area contributed by atoms with Crippen molar-refractivity contribution in [2.75, 3.05) is 13.1 Å². The molecule has 0 radical (unpaired) electrons. The molecule has 3 N–H and O–H groups in total. The maximum Gasteiger partial charge on any atom is 0.217 e. The molecule has 5 nitrogen and oxygen atoms in total. The van der Waals surface area contributed by atoms with Gasteiger partial charge in [-0.05, 0) is 25.7 Å². The molecule has 1 saturated heterocycles. The van der Waals surface area contributed by atoms with Crippen molar-refractivity contribution in [2.45, 2.75) is 50.2 Å². The third kappa shape index (κ3) is 2.85. The number of hydrogen-bond acceptors (Lipinski definition) is 3. The lowest BCUT2D eigenvalue weighted by molar-refractivity contribution is 0.302. The number of amidine groups is 1. The average molecular weight is 273 g/mol. The van der Waals surface area contributed by atoms with Crippen molar-refractivity contribution in [3.05, 3.63) is 0 Å². The van der Waals surface area contributed by atoms with Gasteiger partial charge >= 0.3 is 0 Å². The number of hydrogen-bond donors (Lipinski definition) is 2. The van der Waals surface area contributed by atoms with Gasteiger partial charge in [-0.15, -0.1) is 0 Å². The molecule has 1 saturated carbocycles. The number of rotatable bonds is 3. The van der Waals surface area contributed by atoms with Crippen molar-refractivity contribution < 1.29 is 8.42 Å². The Hall–Kier alpha value is -0.620. The van der Waals surface area contributed by atoms with Crippen LogP contribution in [-0.4, -0.2) is 36.9 Å². The molecule has 2 fully saturated rings. The topological polar surface area (TPSA) is 87.2 Å². The SMILES string of the molecule is N=C(N)C1CCCN(S(=O)(=O)C2CCCCC2)C1. The highest BCUT2D eigenvalue weighted by Gasteiger charge is 2.36. The summed E-state index contributed by atoms with van der Waals surface area (Å²) in [6, 6.07) is 0. The number of nitrogens with zero attached hydrogens (tertiary/aromatic N) is 1. The first kappa shape index (κ1) is 13.8. The highest BCUT2D eigenvalue weighted by atomic mass is 32.2. The van der Waals surface area contributed by atoms with Gasteiger partial charge in [0, 0.05) is 19.0 Å². The van der Waals surface area contributed by atoms with Crippen LogP contribution in [0, 0.1) is 11.3 Å². The molecule has 0 aromatic heterocycles. The average Bonchev–Trinajstić information content (AvgIpc) is 2.40. The Morgan fingerprint density at radius 2 is 1.78 bits per heavy atom. The second kappa shape index (κ2) is 5.57. The summed E-state index contributed by atoms with van der Waals surface area (Å²) in [5.74, 6) is 0.0376. The summed E-state index contributed by atoms with van der Waals surface area (Å²) >= 11 is 0. The molecule has 1 aliphatic carbocycles. The summed E-state index contributed by atoms with van der Waals surface area (Å²) in [5, 5.41) is 7.29. The van der Waals surface area contributed by atoms with E-state index in [0.717, 1.165) is 44.9 Å².